The molecule has 4 rings (SSSR count). The van der Waals surface area contributed by atoms with Gasteiger partial charge in [0.15, 0.2) is 5.82 Å². The first-order valence-corrected chi connectivity index (χ1v) is 8.57. The van der Waals surface area contributed by atoms with E-state index in [1.165, 1.54) is 6.42 Å². The Kier molecular flexibility index (Phi) is 3.84. The number of nitrogens with zero attached hydrogens (tertiary/aromatic N) is 2. The predicted molar refractivity (Wildman–Crippen MR) is 89.2 cm³/mol. The predicted octanol–water partition coefficient (Wildman–Crippen LogP) is 1.92. The normalized spacial score (nSPS) is 28.2. The number of nitrogens with one attached hydrogen (secondary N) is 2. The van der Waals surface area contributed by atoms with Crippen molar-refractivity contribution < 1.29 is 9.90 Å². The zero-order valence-corrected chi connectivity index (χ0v) is 13.7. The Hall–Kier alpha value is -2.21. The first-order valence-electron chi connectivity index (χ1n) is 8.57. The minimum atomic E-state index is -0.0832. The molecule has 3 N–H and O–H groups in total. The number of H-pyrrole nitrogens is 1. The molecule has 126 valence electrons. The van der Waals surface area contributed by atoms with Gasteiger partial charge in [-0.15, -0.1) is 0 Å². The number of aryl methyl sites for hydroxylation is 1. The van der Waals surface area contributed by atoms with E-state index in [-0.39, 0.29) is 24.5 Å². The third-order valence-electron chi connectivity index (χ3n) is 5.58. The van der Waals surface area contributed by atoms with E-state index in [0.717, 1.165) is 24.2 Å². The Bertz CT molecular complexity index is 757. The third-order valence-corrected chi connectivity index (χ3v) is 5.58. The summed E-state index contributed by atoms with van der Waals surface area (Å²) in [5.41, 5.74) is 1.42. The summed E-state index contributed by atoms with van der Waals surface area (Å²) in [6.07, 6.45) is 3.47. The Labute approximate surface area is 140 Å². The average Bonchev–Trinajstić information content (AvgIpc) is 3.31. The molecule has 24 heavy (non-hydrogen) atoms. The zero-order chi connectivity index (χ0) is 16.7. The molecule has 1 heterocycles. The fraction of sp³-hybridized carbons (Fsp3) is 0.500. The molecular formula is C18H22N4O2. The molecule has 2 fully saturated rings. The number of rotatable bonds is 4. The SMILES string of the molecule is Cc1nc(-c2cccc(C(=O)NC3C4CCC(C4)C3CO)c2)n[nH]1. The maximum atomic E-state index is 12.7. The molecule has 4 unspecified atom stereocenters. The quantitative estimate of drug-likeness (QED) is 0.800. The van der Waals surface area contributed by atoms with Gasteiger partial charge in [0.05, 0.1) is 0 Å². The van der Waals surface area contributed by atoms with Crippen molar-refractivity contribution in [2.75, 3.05) is 6.61 Å². The van der Waals surface area contributed by atoms with Gasteiger partial charge in [0.2, 0.25) is 0 Å². The average molecular weight is 326 g/mol. The van der Waals surface area contributed by atoms with Crippen molar-refractivity contribution in [2.24, 2.45) is 17.8 Å². The van der Waals surface area contributed by atoms with Crippen LogP contribution in [0.2, 0.25) is 0 Å². The number of carbonyl (C=O) groups excluding carboxylic acids is 1. The standard InChI is InChI=1S/C18H22N4O2/c1-10-19-17(22-21-10)13-3-2-4-14(8-13)18(24)20-16-12-6-5-11(7-12)15(16)9-23/h2-4,8,11-12,15-16,23H,5-7,9H2,1H3,(H,20,24)(H,19,21,22). The number of benzene rings is 1. The largest absolute Gasteiger partial charge is 0.396 e. The Morgan fingerprint density at radius 3 is 2.96 bits per heavy atom. The Balaban J connectivity index is 1.53. The van der Waals surface area contributed by atoms with Gasteiger partial charge in [0, 0.05) is 29.7 Å². The van der Waals surface area contributed by atoms with E-state index >= 15 is 0 Å². The number of aromatic amines is 1. The lowest BCUT2D eigenvalue weighted by Gasteiger charge is -2.30. The van der Waals surface area contributed by atoms with Crippen LogP contribution in [-0.4, -0.2) is 38.8 Å². The van der Waals surface area contributed by atoms with Crippen LogP contribution in [0, 0.1) is 24.7 Å². The van der Waals surface area contributed by atoms with E-state index in [4.69, 9.17) is 0 Å². The van der Waals surface area contributed by atoms with Crippen molar-refractivity contribution in [2.45, 2.75) is 32.2 Å². The van der Waals surface area contributed by atoms with Crippen LogP contribution in [0.5, 0.6) is 0 Å². The van der Waals surface area contributed by atoms with Crippen LogP contribution in [0.15, 0.2) is 24.3 Å². The minimum absolute atomic E-state index is 0.0832. The molecular weight excluding hydrogens is 304 g/mol. The molecule has 1 aromatic carbocycles. The number of aliphatic hydroxyl groups excluding tert-OH is 1. The number of amides is 1. The van der Waals surface area contributed by atoms with Crippen molar-refractivity contribution in [1.82, 2.24) is 20.5 Å². The van der Waals surface area contributed by atoms with Crippen molar-refractivity contribution in [3.8, 4) is 11.4 Å². The molecule has 0 spiro atoms. The summed E-state index contributed by atoms with van der Waals surface area (Å²) in [7, 11) is 0. The lowest BCUT2D eigenvalue weighted by atomic mass is 9.85. The van der Waals surface area contributed by atoms with Gasteiger partial charge in [-0.1, -0.05) is 12.1 Å². The smallest absolute Gasteiger partial charge is 0.251 e. The second kappa shape index (κ2) is 6.02. The molecule has 6 nitrogen and oxygen atoms in total. The topological polar surface area (TPSA) is 90.9 Å². The van der Waals surface area contributed by atoms with Crippen LogP contribution in [0.4, 0.5) is 0 Å². The monoisotopic (exact) mass is 326 g/mol. The fourth-order valence-electron chi connectivity index (χ4n) is 4.40. The van der Waals surface area contributed by atoms with Crippen LogP contribution < -0.4 is 5.32 Å². The van der Waals surface area contributed by atoms with Gasteiger partial charge in [-0.3, -0.25) is 9.89 Å². The Morgan fingerprint density at radius 1 is 1.38 bits per heavy atom. The highest BCUT2D eigenvalue weighted by atomic mass is 16.3. The molecule has 2 saturated carbocycles. The van der Waals surface area contributed by atoms with Crippen molar-refractivity contribution in [3.63, 3.8) is 0 Å². The molecule has 2 aromatic rings. The van der Waals surface area contributed by atoms with Crippen molar-refractivity contribution in [3.05, 3.63) is 35.7 Å². The summed E-state index contributed by atoms with van der Waals surface area (Å²) in [6, 6.07) is 7.46. The molecule has 2 aliphatic rings. The number of fused-ring (bicyclic) bond motifs is 2. The molecule has 1 amide bonds. The summed E-state index contributed by atoms with van der Waals surface area (Å²) >= 11 is 0. The summed E-state index contributed by atoms with van der Waals surface area (Å²) in [4.78, 5) is 17.0. The minimum Gasteiger partial charge on any atom is -0.396 e. The maximum Gasteiger partial charge on any atom is 0.251 e. The van der Waals surface area contributed by atoms with E-state index in [9.17, 15) is 9.90 Å². The molecule has 0 aliphatic heterocycles. The van der Waals surface area contributed by atoms with Crippen LogP contribution >= 0.6 is 0 Å². The zero-order valence-electron chi connectivity index (χ0n) is 13.7. The molecule has 2 bridgehead atoms. The van der Waals surface area contributed by atoms with Crippen LogP contribution in [0.25, 0.3) is 11.4 Å². The summed E-state index contributed by atoms with van der Waals surface area (Å²) in [5, 5.41) is 19.8. The molecule has 6 heteroatoms. The van der Waals surface area contributed by atoms with Gasteiger partial charge in [-0.2, -0.15) is 5.10 Å². The van der Waals surface area contributed by atoms with Gasteiger partial charge in [-0.05, 0) is 50.2 Å². The lowest BCUT2D eigenvalue weighted by molar-refractivity contribution is 0.0861. The second-order valence-electron chi connectivity index (χ2n) is 7.00. The first-order chi connectivity index (χ1) is 11.7. The summed E-state index contributed by atoms with van der Waals surface area (Å²) in [5.74, 6) is 2.53. The molecule has 0 saturated heterocycles. The van der Waals surface area contributed by atoms with E-state index < -0.39 is 0 Å². The molecule has 2 aliphatic carbocycles. The van der Waals surface area contributed by atoms with Gasteiger partial charge in [-0.25, -0.2) is 4.98 Å². The summed E-state index contributed by atoms with van der Waals surface area (Å²) in [6.45, 7) is 2.00. The Morgan fingerprint density at radius 2 is 2.21 bits per heavy atom. The highest BCUT2D eigenvalue weighted by Gasteiger charge is 2.47. The third kappa shape index (κ3) is 2.60. The second-order valence-corrected chi connectivity index (χ2v) is 7.00. The van der Waals surface area contributed by atoms with Crippen molar-refractivity contribution in [1.29, 1.82) is 0 Å². The van der Waals surface area contributed by atoms with E-state index in [2.05, 4.69) is 20.5 Å². The van der Waals surface area contributed by atoms with E-state index in [1.54, 1.807) is 6.07 Å². The van der Waals surface area contributed by atoms with Crippen molar-refractivity contribution >= 4 is 5.91 Å². The molecule has 0 radical (unpaired) electrons. The number of aliphatic hydroxyl groups is 1. The summed E-state index contributed by atoms with van der Waals surface area (Å²) < 4.78 is 0. The van der Waals surface area contributed by atoms with E-state index in [1.807, 2.05) is 25.1 Å². The maximum absolute atomic E-state index is 12.7. The van der Waals surface area contributed by atoms with Gasteiger partial charge in [0.25, 0.3) is 5.91 Å². The van der Waals surface area contributed by atoms with Crippen LogP contribution in [0.3, 0.4) is 0 Å². The number of carbonyl (C=O) groups is 1. The lowest BCUT2D eigenvalue weighted by Crippen LogP contribution is -2.45. The highest BCUT2D eigenvalue weighted by molar-refractivity contribution is 5.95. The number of hydrogen-bond donors (Lipinski definition) is 3. The van der Waals surface area contributed by atoms with E-state index in [0.29, 0.717) is 23.2 Å². The van der Waals surface area contributed by atoms with Crippen LogP contribution in [0.1, 0.15) is 35.4 Å². The number of hydrogen-bond acceptors (Lipinski definition) is 4. The van der Waals surface area contributed by atoms with Gasteiger partial charge < -0.3 is 10.4 Å². The molecule has 4 atom stereocenters. The first kappa shape index (κ1) is 15.3. The van der Waals surface area contributed by atoms with Gasteiger partial charge >= 0.3 is 0 Å². The highest BCUT2D eigenvalue weighted by Crippen LogP contribution is 2.48. The van der Waals surface area contributed by atoms with Crippen LogP contribution in [-0.2, 0) is 0 Å². The van der Waals surface area contributed by atoms with Gasteiger partial charge in [0.1, 0.15) is 5.82 Å². The number of aromatic nitrogens is 3. The fourth-order valence-corrected chi connectivity index (χ4v) is 4.40. The molecule has 1 aromatic heterocycles.